The topological polar surface area (TPSA) is 29.1 Å². The Hall–Kier alpha value is -1.39. The first-order valence-electron chi connectivity index (χ1n) is 6.50. The minimum atomic E-state index is -0.0165. The Balaban J connectivity index is 2.31. The van der Waals surface area contributed by atoms with E-state index in [2.05, 4.69) is 21.2 Å². The van der Waals surface area contributed by atoms with Crippen molar-refractivity contribution >= 4 is 44.8 Å². The molecule has 2 rings (SSSR count). The lowest BCUT2D eigenvalue weighted by molar-refractivity contribution is -0.115. The van der Waals surface area contributed by atoms with Crippen LogP contribution in [0, 0.1) is 0 Å². The van der Waals surface area contributed by atoms with Crippen molar-refractivity contribution < 1.29 is 4.79 Å². The average molecular weight is 350 g/mol. The lowest BCUT2D eigenvalue weighted by Crippen LogP contribution is -2.24. The van der Waals surface area contributed by atoms with Crippen molar-refractivity contribution in [2.24, 2.45) is 0 Å². The van der Waals surface area contributed by atoms with Crippen LogP contribution in [0.5, 0.6) is 0 Å². The Morgan fingerprint density at radius 3 is 2.65 bits per heavy atom. The van der Waals surface area contributed by atoms with Gasteiger partial charge in [0.1, 0.15) is 0 Å². The predicted octanol–water partition coefficient (Wildman–Crippen LogP) is 4.58. The van der Waals surface area contributed by atoms with Crippen molar-refractivity contribution in [1.29, 1.82) is 0 Å². The van der Waals surface area contributed by atoms with E-state index in [1.807, 2.05) is 54.8 Å². The van der Waals surface area contributed by atoms with Crippen molar-refractivity contribution in [3.63, 3.8) is 0 Å². The number of nitrogens with one attached hydrogen (secondary N) is 1. The molecule has 1 N–H and O–H groups in total. The molecular formula is C16H16BrNOS. The molecule has 0 saturated carbocycles. The van der Waals surface area contributed by atoms with Crippen LogP contribution in [0.3, 0.4) is 0 Å². The first-order valence-corrected chi connectivity index (χ1v) is 8.17. The molecule has 0 bridgehead atoms. The van der Waals surface area contributed by atoms with Crippen molar-refractivity contribution in [1.82, 2.24) is 5.32 Å². The first-order chi connectivity index (χ1) is 9.70. The molecule has 0 atom stereocenters. The fourth-order valence-corrected chi connectivity index (χ4v) is 2.74. The summed E-state index contributed by atoms with van der Waals surface area (Å²) in [6, 6.07) is 11.9. The molecule has 4 heteroatoms. The highest BCUT2D eigenvalue weighted by Crippen LogP contribution is 2.23. The summed E-state index contributed by atoms with van der Waals surface area (Å²) in [5, 5.41) is 4.93. The van der Waals surface area contributed by atoms with E-state index in [-0.39, 0.29) is 5.91 Å². The van der Waals surface area contributed by atoms with Crippen LogP contribution >= 0.6 is 27.3 Å². The molecule has 0 radical (unpaired) electrons. The van der Waals surface area contributed by atoms with Crippen LogP contribution in [0.2, 0.25) is 0 Å². The lowest BCUT2D eigenvalue weighted by atomic mass is 10.1. The molecule has 1 aromatic heterocycles. The van der Waals surface area contributed by atoms with Gasteiger partial charge in [0.05, 0.1) is 5.57 Å². The van der Waals surface area contributed by atoms with Crippen LogP contribution in [-0.4, -0.2) is 12.5 Å². The highest BCUT2D eigenvalue weighted by atomic mass is 79.9. The molecule has 0 aliphatic heterocycles. The Kier molecular flexibility index (Phi) is 5.56. The number of benzene rings is 1. The molecule has 0 unspecified atom stereocenters. The van der Waals surface area contributed by atoms with Crippen LogP contribution in [0.4, 0.5) is 0 Å². The second-order valence-corrected chi connectivity index (χ2v) is 6.21. The van der Waals surface area contributed by atoms with Gasteiger partial charge < -0.3 is 5.32 Å². The smallest absolute Gasteiger partial charge is 0.252 e. The van der Waals surface area contributed by atoms with E-state index < -0.39 is 0 Å². The highest BCUT2D eigenvalue weighted by Gasteiger charge is 2.12. The van der Waals surface area contributed by atoms with Crippen molar-refractivity contribution in [2.45, 2.75) is 13.3 Å². The van der Waals surface area contributed by atoms with Gasteiger partial charge >= 0.3 is 0 Å². The van der Waals surface area contributed by atoms with Crippen molar-refractivity contribution in [2.75, 3.05) is 6.54 Å². The number of rotatable bonds is 5. The summed E-state index contributed by atoms with van der Waals surface area (Å²) in [5.74, 6) is -0.0165. The van der Waals surface area contributed by atoms with Crippen LogP contribution in [0.25, 0.3) is 11.6 Å². The molecule has 1 amide bonds. The van der Waals surface area contributed by atoms with Crippen molar-refractivity contribution in [3.05, 3.63) is 56.7 Å². The Labute approximate surface area is 131 Å². The standard InChI is InChI=1S/C16H16BrNOS/c1-2-9-18-16(19)14(15-4-3-10-20-15)11-12-5-7-13(17)8-6-12/h3-8,10-11H,2,9H2,1H3,(H,18,19)/b14-11+. The largest absolute Gasteiger partial charge is 0.352 e. The molecule has 0 saturated heterocycles. The van der Waals surface area contributed by atoms with Gasteiger partial charge in [-0.1, -0.05) is 41.1 Å². The number of thiophene rings is 1. The van der Waals surface area contributed by atoms with Gasteiger partial charge in [0.25, 0.3) is 5.91 Å². The van der Waals surface area contributed by atoms with E-state index in [0.29, 0.717) is 6.54 Å². The highest BCUT2D eigenvalue weighted by molar-refractivity contribution is 9.10. The minimum absolute atomic E-state index is 0.0165. The Bertz CT molecular complexity index is 587. The fourth-order valence-electron chi connectivity index (χ4n) is 1.74. The summed E-state index contributed by atoms with van der Waals surface area (Å²) in [7, 11) is 0. The molecule has 1 heterocycles. The summed E-state index contributed by atoms with van der Waals surface area (Å²) in [6.45, 7) is 2.74. The normalized spacial score (nSPS) is 11.4. The van der Waals surface area contributed by atoms with E-state index >= 15 is 0 Å². The van der Waals surface area contributed by atoms with Crippen LogP contribution in [0.15, 0.2) is 46.3 Å². The monoisotopic (exact) mass is 349 g/mol. The fraction of sp³-hybridized carbons (Fsp3) is 0.188. The van der Waals surface area contributed by atoms with Gasteiger partial charge in [-0.15, -0.1) is 11.3 Å². The second kappa shape index (κ2) is 7.41. The van der Waals surface area contributed by atoms with E-state index in [1.54, 1.807) is 11.3 Å². The first kappa shape index (κ1) is 15.0. The summed E-state index contributed by atoms with van der Waals surface area (Å²) in [6.07, 6.45) is 2.87. The van der Waals surface area contributed by atoms with Gasteiger partial charge in [0, 0.05) is 15.9 Å². The number of amides is 1. The maximum Gasteiger partial charge on any atom is 0.252 e. The van der Waals surface area contributed by atoms with E-state index in [1.165, 1.54) is 0 Å². The van der Waals surface area contributed by atoms with Crippen LogP contribution < -0.4 is 5.32 Å². The SMILES string of the molecule is CCCNC(=O)/C(=C/c1ccc(Br)cc1)c1cccs1. The second-order valence-electron chi connectivity index (χ2n) is 4.34. The molecule has 0 fully saturated rings. The summed E-state index contributed by atoms with van der Waals surface area (Å²) < 4.78 is 1.03. The number of carbonyl (C=O) groups is 1. The third kappa shape index (κ3) is 4.05. The maximum absolute atomic E-state index is 12.3. The zero-order valence-corrected chi connectivity index (χ0v) is 13.6. The number of carbonyl (C=O) groups excluding carboxylic acids is 1. The third-order valence-corrected chi connectivity index (χ3v) is 4.18. The lowest BCUT2D eigenvalue weighted by Gasteiger charge is -2.07. The van der Waals surface area contributed by atoms with E-state index in [9.17, 15) is 4.79 Å². The minimum Gasteiger partial charge on any atom is -0.352 e. The molecule has 2 nitrogen and oxygen atoms in total. The van der Waals surface area contributed by atoms with Gasteiger partial charge in [0.15, 0.2) is 0 Å². The maximum atomic E-state index is 12.3. The van der Waals surface area contributed by atoms with Gasteiger partial charge in [-0.3, -0.25) is 4.79 Å². The molecule has 2 aromatic rings. The van der Waals surface area contributed by atoms with E-state index in [0.717, 1.165) is 26.9 Å². The van der Waals surface area contributed by atoms with Crippen molar-refractivity contribution in [3.8, 4) is 0 Å². The number of hydrogen-bond acceptors (Lipinski definition) is 2. The number of halogens is 1. The zero-order valence-electron chi connectivity index (χ0n) is 11.2. The number of hydrogen-bond donors (Lipinski definition) is 1. The van der Waals surface area contributed by atoms with Gasteiger partial charge in [0.2, 0.25) is 0 Å². The molecule has 1 aromatic carbocycles. The third-order valence-electron chi connectivity index (χ3n) is 2.75. The zero-order chi connectivity index (χ0) is 14.4. The molecule has 0 aliphatic carbocycles. The predicted molar refractivity (Wildman–Crippen MR) is 89.6 cm³/mol. The molecule has 20 heavy (non-hydrogen) atoms. The van der Waals surface area contributed by atoms with Gasteiger partial charge in [-0.2, -0.15) is 0 Å². The molecule has 0 spiro atoms. The summed E-state index contributed by atoms with van der Waals surface area (Å²) in [4.78, 5) is 13.3. The quantitative estimate of drug-likeness (QED) is 0.786. The van der Waals surface area contributed by atoms with E-state index in [4.69, 9.17) is 0 Å². The van der Waals surface area contributed by atoms with Gasteiger partial charge in [-0.25, -0.2) is 0 Å². The average Bonchev–Trinajstić information content (AvgIpc) is 2.98. The summed E-state index contributed by atoms with van der Waals surface area (Å²) >= 11 is 4.99. The molecule has 0 aliphatic rings. The van der Waals surface area contributed by atoms with Crippen LogP contribution in [0.1, 0.15) is 23.8 Å². The van der Waals surface area contributed by atoms with Gasteiger partial charge in [-0.05, 0) is 41.6 Å². The summed E-state index contributed by atoms with van der Waals surface area (Å²) in [5.41, 5.74) is 1.74. The Morgan fingerprint density at radius 1 is 1.30 bits per heavy atom. The Morgan fingerprint density at radius 2 is 2.05 bits per heavy atom. The van der Waals surface area contributed by atoms with Crippen LogP contribution in [-0.2, 0) is 4.79 Å². The molecular weight excluding hydrogens is 334 g/mol. The molecule has 104 valence electrons.